The highest BCUT2D eigenvalue weighted by atomic mass is 16.5. The fourth-order valence-corrected chi connectivity index (χ4v) is 2.82. The van der Waals surface area contributed by atoms with Crippen LogP contribution >= 0.6 is 0 Å². The first-order valence-corrected chi connectivity index (χ1v) is 8.01. The zero-order valence-corrected chi connectivity index (χ0v) is 12.8. The topological polar surface area (TPSA) is 21.3 Å². The molecule has 1 heterocycles. The van der Waals surface area contributed by atoms with E-state index in [9.17, 15) is 0 Å². The van der Waals surface area contributed by atoms with Crippen LogP contribution in [-0.2, 0) is 11.3 Å². The molecule has 0 radical (unpaired) electrons. The van der Waals surface area contributed by atoms with Gasteiger partial charge in [-0.2, -0.15) is 0 Å². The Balaban J connectivity index is 1.43. The molecule has 22 heavy (non-hydrogen) atoms. The van der Waals surface area contributed by atoms with Crippen LogP contribution in [0.1, 0.15) is 30.0 Å². The summed E-state index contributed by atoms with van der Waals surface area (Å²) in [6, 6.07) is 21.8. The van der Waals surface area contributed by atoms with Gasteiger partial charge < -0.3 is 10.1 Å². The number of rotatable bonds is 6. The molecule has 1 N–H and O–H groups in total. The summed E-state index contributed by atoms with van der Waals surface area (Å²) in [5.41, 5.74) is 2.56. The summed E-state index contributed by atoms with van der Waals surface area (Å²) in [5, 5.41) is 3.70. The molecule has 2 aromatic carbocycles. The Morgan fingerprint density at radius 1 is 0.955 bits per heavy atom. The molecule has 0 saturated carbocycles. The minimum atomic E-state index is 0.328. The second-order valence-electron chi connectivity index (χ2n) is 5.74. The van der Waals surface area contributed by atoms with E-state index in [0.717, 1.165) is 19.4 Å². The molecular formula is C20H23NO. The van der Waals surface area contributed by atoms with E-state index in [2.05, 4.69) is 72.1 Å². The summed E-state index contributed by atoms with van der Waals surface area (Å²) in [5.74, 6) is 0. The maximum atomic E-state index is 5.80. The van der Waals surface area contributed by atoms with Gasteiger partial charge in [-0.15, -0.1) is 0 Å². The first-order valence-electron chi connectivity index (χ1n) is 8.01. The fourth-order valence-electron chi connectivity index (χ4n) is 2.82. The lowest BCUT2D eigenvalue weighted by atomic mass is 9.98. The van der Waals surface area contributed by atoms with Gasteiger partial charge >= 0.3 is 0 Å². The van der Waals surface area contributed by atoms with Crippen molar-refractivity contribution in [1.82, 2.24) is 5.32 Å². The van der Waals surface area contributed by atoms with Gasteiger partial charge in [0.15, 0.2) is 0 Å². The van der Waals surface area contributed by atoms with E-state index in [1.807, 2.05) is 6.07 Å². The van der Waals surface area contributed by atoms with Crippen LogP contribution in [0.5, 0.6) is 0 Å². The molecular weight excluding hydrogens is 270 g/mol. The van der Waals surface area contributed by atoms with Crippen molar-refractivity contribution in [1.29, 1.82) is 0 Å². The van der Waals surface area contributed by atoms with Crippen molar-refractivity contribution in [2.45, 2.75) is 31.5 Å². The van der Waals surface area contributed by atoms with Gasteiger partial charge in [-0.25, -0.2) is 0 Å². The molecule has 2 heteroatoms. The van der Waals surface area contributed by atoms with Crippen molar-refractivity contribution in [3.63, 3.8) is 0 Å². The Bertz CT molecular complexity index is 579. The smallest absolute Gasteiger partial charge is 0.0716 e. The Hall–Kier alpha value is -1.90. The molecule has 0 aliphatic carbocycles. The third-order valence-electron chi connectivity index (χ3n) is 4.05. The molecule has 2 atom stereocenters. The fraction of sp³-hybridized carbons (Fsp3) is 0.300. The minimum Gasteiger partial charge on any atom is -0.377 e. The van der Waals surface area contributed by atoms with Gasteiger partial charge in [0.2, 0.25) is 0 Å². The van der Waals surface area contributed by atoms with Crippen molar-refractivity contribution in [2.75, 3.05) is 6.61 Å². The Kier molecular flexibility index (Phi) is 5.41. The predicted molar refractivity (Wildman–Crippen MR) is 90.6 cm³/mol. The van der Waals surface area contributed by atoms with E-state index in [1.165, 1.54) is 11.1 Å². The molecule has 2 nitrogen and oxygen atoms in total. The van der Waals surface area contributed by atoms with E-state index in [1.54, 1.807) is 0 Å². The second-order valence-corrected chi connectivity index (χ2v) is 5.74. The summed E-state index contributed by atoms with van der Waals surface area (Å²) in [4.78, 5) is 0. The monoisotopic (exact) mass is 293 g/mol. The zero-order chi connectivity index (χ0) is 15.0. The summed E-state index contributed by atoms with van der Waals surface area (Å²) in [6.45, 7) is 1.49. The third kappa shape index (κ3) is 4.30. The summed E-state index contributed by atoms with van der Waals surface area (Å²) in [6.07, 6.45) is 6.67. The number of hydrogen-bond donors (Lipinski definition) is 1. The maximum absolute atomic E-state index is 5.80. The van der Waals surface area contributed by atoms with E-state index >= 15 is 0 Å². The molecule has 1 aliphatic heterocycles. The lowest BCUT2D eigenvalue weighted by molar-refractivity contribution is 0.110. The Morgan fingerprint density at radius 3 is 2.45 bits per heavy atom. The van der Waals surface area contributed by atoms with Crippen LogP contribution in [0, 0.1) is 0 Å². The molecule has 114 valence electrons. The van der Waals surface area contributed by atoms with Crippen LogP contribution in [0.4, 0.5) is 0 Å². The lowest BCUT2D eigenvalue weighted by Gasteiger charge is -2.27. The molecule has 1 aliphatic rings. The largest absolute Gasteiger partial charge is 0.377 e. The average Bonchev–Trinajstić information content (AvgIpc) is 2.61. The standard InChI is InChI=1S/C20H23NO/c1-3-8-17(9-4-1)16-22-15-14-19-12-7-13-20(21-19)18-10-5-2-6-11-18/h1-11,13,19-21H,12,14-16H2/t19-,20-/m0/s1. The summed E-state index contributed by atoms with van der Waals surface area (Å²) >= 11 is 0. The van der Waals surface area contributed by atoms with E-state index in [4.69, 9.17) is 4.74 Å². The van der Waals surface area contributed by atoms with Crippen LogP contribution in [0.3, 0.4) is 0 Å². The van der Waals surface area contributed by atoms with Crippen LogP contribution in [0.15, 0.2) is 72.8 Å². The normalized spacial score (nSPS) is 20.9. The summed E-state index contributed by atoms with van der Waals surface area (Å²) in [7, 11) is 0. The zero-order valence-electron chi connectivity index (χ0n) is 12.8. The van der Waals surface area contributed by atoms with E-state index in [-0.39, 0.29) is 0 Å². The van der Waals surface area contributed by atoms with E-state index < -0.39 is 0 Å². The van der Waals surface area contributed by atoms with Gasteiger partial charge in [-0.3, -0.25) is 0 Å². The predicted octanol–water partition coefficient (Wildman–Crippen LogP) is 4.25. The van der Waals surface area contributed by atoms with Crippen LogP contribution in [0.2, 0.25) is 0 Å². The molecule has 0 bridgehead atoms. The molecule has 0 amide bonds. The molecule has 0 saturated heterocycles. The number of ether oxygens (including phenoxy) is 1. The first-order chi connectivity index (χ1) is 10.9. The van der Waals surface area contributed by atoms with Crippen molar-refractivity contribution >= 4 is 0 Å². The number of hydrogen-bond acceptors (Lipinski definition) is 2. The van der Waals surface area contributed by atoms with Gasteiger partial charge in [0, 0.05) is 12.6 Å². The van der Waals surface area contributed by atoms with Gasteiger partial charge in [-0.05, 0) is 24.0 Å². The number of benzene rings is 2. The van der Waals surface area contributed by atoms with Crippen molar-refractivity contribution in [3.05, 3.63) is 83.9 Å². The minimum absolute atomic E-state index is 0.328. The second kappa shape index (κ2) is 7.92. The Morgan fingerprint density at radius 2 is 1.68 bits per heavy atom. The van der Waals surface area contributed by atoms with Crippen LogP contribution in [0.25, 0.3) is 0 Å². The van der Waals surface area contributed by atoms with E-state index in [0.29, 0.717) is 18.7 Å². The Labute approximate surface area is 132 Å². The van der Waals surface area contributed by atoms with Crippen LogP contribution in [-0.4, -0.2) is 12.6 Å². The van der Waals surface area contributed by atoms with Gasteiger partial charge in [-0.1, -0.05) is 72.8 Å². The van der Waals surface area contributed by atoms with Crippen molar-refractivity contribution in [3.8, 4) is 0 Å². The highest BCUT2D eigenvalue weighted by molar-refractivity contribution is 5.24. The first kappa shape index (κ1) is 15.0. The average molecular weight is 293 g/mol. The van der Waals surface area contributed by atoms with Gasteiger partial charge in [0.1, 0.15) is 0 Å². The molecule has 0 spiro atoms. The highest BCUT2D eigenvalue weighted by Crippen LogP contribution is 2.21. The molecule has 3 rings (SSSR count). The van der Waals surface area contributed by atoms with Crippen LogP contribution < -0.4 is 5.32 Å². The lowest BCUT2D eigenvalue weighted by Crippen LogP contribution is -2.35. The molecule has 2 aromatic rings. The summed E-state index contributed by atoms with van der Waals surface area (Å²) < 4.78 is 5.80. The van der Waals surface area contributed by atoms with Crippen molar-refractivity contribution < 1.29 is 4.74 Å². The van der Waals surface area contributed by atoms with Crippen molar-refractivity contribution in [2.24, 2.45) is 0 Å². The van der Waals surface area contributed by atoms with Gasteiger partial charge in [0.05, 0.1) is 12.6 Å². The molecule has 0 unspecified atom stereocenters. The maximum Gasteiger partial charge on any atom is 0.0716 e. The van der Waals surface area contributed by atoms with Gasteiger partial charge in [0.25, 0.3) is 0 Å². The SMILES string of the molecule is C1=C[C@@H](c2ccccc2)N[C@H](CCOCc2ccccc2)C1. The quantitative estimate of drug-likeness (QED) is 0.635. The molecule has 0 aromatic heterocycles. The molecule has 0 fully saturated rings. The third-order valence-corrected chi connectivity index (χ3v) is 4.05. The highest BCUT2D eigenvalue weighted by Gasteiger charge is 2.17. The number of nitrogens with one attached hydrogen (secondary N) is 1.